The molecule has 0 aromatic heterocycles. The van der Waals surface area contributed by atoms with Crippen molar-refractivity contribution >= 4 is 46.0 Å². The highest BCUT2D eigenvalue weighted by Gasteiger charge is 2.82. The van der Waals surface area contributed by atoms with Gasteiger partial charge in [-0.05, 0) is 82.3 Å². The third-order valence-electron chi connectivity index (χ3n) is 10.6. The van der Waals surface area contributed by atoms with Crippen molar-refractivity contribution in [2.75, 3.05) is 19.1 Å². The van der Waals surface area contributed by atoms with Crippen LogP contribution in [0.4, 0.5) is 5.69 Å². The van der Waals surface area contributed by atoms with Gasteiger partial charge in [0, 0.05) is 5.02 Å². The summed E-state index contributed by atoms with van der Waals surface area (Å²) in [5, 5.41) is 0.445. The third-order valence-corrected chi connectivity index (χ3v) is 11.0. The maximum atomic E-state index is 16.0. The molecule has 1 saturated carbocycles. The zero-order chi connectivity index (χ0) is 34.1. The highest BCUT2D eigenvalue weighted by atomic mass is 35.5. The Morgan fingerprint density at radius 2 is 1.02 bits per heavy atom. The molecule has 2 fully saturated rings. The summed E-state index contributed by atoms with van der Waals surface area (Å²) in [7, 11) is 3.21. The molecule has 5 aromatic rings. The van der Waals surface area contributed by atoms with Gasteiger partial charge in [-0.15, -0.1) is 0 Å². The summed E-state index contributed by atoms with van der Waals surface area (Å²) in [6.07, 6.45) is 0. The first-order chi connectivity index (χ1) is 23.8. The van der Waals surface area contributed by atoms with E-state index in [0.717, 1.165) is 16.7 Å². The number of methoxy groups -OCH3 is 2. The van der Waals surface area contributed by atoms with Gasteiger partial charge in [0.2, 0.25) is 11.8 Å². The molecular formula is C42H32ClNO5. The number of allylic oxidation sites excluding steroid dienone is 2. The molecular weight excluding hydrogens is 634 g/mol. The molecule has 1 aliphatic heterocycles. The van der Waals surface area contributed by atoms with Crippen LogP contribution in [0, 0.1) is 18.8 Å². The number of nitrogens with zero attached hydrogens (tertiary/aromatic N) is 1. The van der Waals surface area contributed by atoms with Crippen LogP contribution in [-0.2, 0) is 25.2 Å². The summed E-state index contributed by atoms with van der Waals surface area (Å²) in [4.78, 5) is 47.6. The lowest BCUT2D eigenvalue weighted by molar-refractivity contribution is -0.130. The number of carbonyl (C=O) groups is 3. The summed E-state index contributed by atoms with van der Waals surface area (Å²) in [6, 6.07) is 39.3. The smallest absolute Gasteiger partial charge is 0.239 e. The van der Waals surface area contributed by atoms with Crippen LogP contribution in [0.1, 0.15) is 27.8 Å². The zero-order valence-corrected chi connectivity index (χ0v) is 27.9. The molecule has 2 amide bonds. The number of aryl methyl sites for hydroxylation is 1. The first-order valence-electron chi connectivity index (χ1n) is 16.1. The van der Waals surface area contributed by atoms with E-state index < -0.39 is 34.5 Å². The molecule has 4 atom stereocenters. The van der Waals surface area contributed by atoms with Crippen molar-refractivity contribution in [2.24, 2.45) is 11.8 Å². The van der Waals surface area contributed by atoms with Gasteiger partial charge < -0.3 is 9.47 Å². The molecule has 242 valence electrons. The van der Waals surface area contributed by atoms with E-state index in [1.807, 2.05) is 116 Å². The van der Waals surface area contributed by atoms with Crippen molar-refractivity contribution < 1.29 is 23.9 Å². The highest BCUT2D eigenvalue weighted by Crippen LogP contribution is 2.74. The van der Waals surface area contributed by atoms with Crippen molar-refractivity contribution in [3.05, 3.63) is 160 Å². The highest BCUT2D eigenvalue weighted by molar-refractivity contribution is 6.39. The number of fused-ring (bicyclic) bond motifs is 5. The van der Waals surface area contributed by atoms with E-state index >= 15 is 14.4 Å². The van der Waals surface area contributed by atoms with Crippen LogP contribution >= 0.6 is 11.6 Å². The van der Waals surface area contributed by atoms with Gasteiger partial charge in [0.25, 0.3) is 0 Å². The fourth-order valence-corrected chi connectivity index (χ4v) is 8.79. The molecule has 3 aliphatic rings. The largest absolute Gasteiger partial charge is 0.497 e. The summed E-state index contributed by atoms with van der Waals surface area (Å²) < 4.78 is 11.0. The SMILES string of the molecule is COc1ccc(C2=C(c3ccc(OC)cc3)[C@@]3(c4ccccc4)C(=O)[C@@]2(c2ccccc2)[C@H]2C(=O)N(c4ccc(C)c(Cl)c4)C(=O)[C@@H]23)cc1. The van der Waals surface area contributed by atoms with E-state index in [0.29, 0.717) is 44.5 Å². The Bertz CT molecular complexity index is 2050. The quantitative estimate of drug-likeness (QED) is 0.166. The molecule has 6 nitrogen and oxygen atoms in total. The zero-order valence-electron chi connectivity index (χ0n) is 27.1. The van der Waals surface area contributed by atoms with Gasteiger partial charge in [-0.25, -0.2) is 4.90 Å². The Hall–Kier alpha value is -5.46. The second-order valence-electron chi connectivity index (χ2n) is 12.8. The maximum absolute atomic E-state index is 16.0. The Morgan fingerprint density at radius 3 is 1.41 bits per heavy atom. The summed E-state index contributed by atoms with van der Waals surface area (Å²) in [5.41, 5.74) is 2.43. The van der Waals surface area contributed by atoms with Crippen LogP contribution in [0.2, 0.25) is 5.02 Å². The Labute approximate surface area is 289 Å². The number of anilines is 1. The number of ether oxygens (including phenoxy) is 2. The lowest BCUT2D eigenvalue weighted by Gasteiger charge is -2.39. The van der Waals surface area contributed by atoms with Crippen molar-refractivity contribution in [2.45, 2.75) is 17.8 Å². The molecule has 7 heteroatoms. The van der Waals surface area contributed by atoms with Crippen LogP contribution in [0.3, 0.4) is 0 Å². The lowest BCUT2D eigenvalue weighted by Crippen LogP contribution is -2.45. The molecule has 5 aromatic carbocycles. The number of carbonyl (C=O) groups excluding carboxylic acids is 3. The number of amides is 2. The van der Waals surface area contributed by atoms with Crippen molar-refractivity contribution in [1.82, 2.24) is 0 Å². The minimum atomic E-state index is -1.51. The Balaban J connectivity index is 1.54. The minimum absolute atomic E-state index is 0.188. The van der Waals surface area contributed by atoms with E-state index in [-0.39, 0.29) is 5.78 Å². The third kappa shape index (κ3) is 4.04. The Kier molecular flexibility index (Phi) is 7.12. The van der Waals surface area contributed by atoms with Crippen molar-refractivity contribution in [3.8, 4) is 11.5 Å². The van der Waals surface area contributed by atoms with Crippen LogP contribution in [0.25, 0.3) is 11.1 Å². The van der Waals surface area contributed by atoms with Crippen LogP contribution in [0.5, 0.6) is 11.5 Å². The first-order valence-corrected chi connectivity index (χ1v) is 16.5. The van der Waals surface area contributed by atoms with Gasteiger partial charge in [-0.3, -0.25) is 14.4 Å². The molecule has 0 unspecified atom stereocenters. The standard InChI is InChI=1S/C42H32ClNO5/c1-25-14-19-30(24-33(25)43)44-38(45)36-37(39(44)46)42(29-12-8-5-9-13-29)35(27-17-22-32(49-3)23-18-27)34(26-15-20-31(48-2)21-16-26)41(36,40(42)47)28-10-6-4-7-11-28/h4-24,36-37H,1-3H3/t36-,37-,41-,42-/m1/s1. The minimum Gasteiger partial charge on any atom is -0.497 e. The molecule has 0 N–H and O–H groups in total. The average Bonchev–Trinajstić information content (AvgIpc) is 3.65. The van der Waals surface area contributed by atoms with Crippen molar-refractivity contribution in [1.29, 1.82) is 0 Å². The van der Waals surface area contributed by atoms with Crippen LogP contribution in [0.15, 0.2) is 127 Å². The number of rotatable bonds is 7. The number of hydrogen-bond donors (Lipinski definition) is 0. The summed E-state index contributed by atoms with van der Waals surface area (Å²) >= 11 is 6.57. The molecule has 8 rings (SSSR count). The molecule has 1 saturated heterocycles. The van der Waals surface area contributed by atoms with Gasteiger partial charge in [0.15, 0.2) is 5.78 Å². The number of imide groups is 1. The van der Waals surface area contributed by atoms with E-state index in [9.17, 15) is 0 Å². The summed E-state index contributed by atoms with van der Waals surface area (Å²) in [5.74, 6) is -1.79. The fraction of sp³-hybridized carbons (Fsp3) is 0.167. The monoisotopic (exact) mass is 665 g/mol. The van der Waals surface area contributed by atoms with Gasteiger partial charge in [-0.1, -0.05) is 103 Å². The van der Waals surface area contributed by atoms with E-state index in [1.54, 1.807) is 32.4 Å². The predicted octanol–water partition coefficient (Wildman–Crippen LogP) is 7.85. The number of halogens is 1. The second kappa shape index (κ2) is 11.3. The molecule has 49 heavy (non-hydrogen) atoms. The number of hydrogen-bond acceptors (Lipinski definition) is 5. The molecule has 1 heterocycles. The second-order valence-corrected chi connectivity index (χ2v) is 13.2. The molecule has 0 spiro atoms. The first kappa shape index (κ1) is 30.8. The van der Waals surface area contributed by atoms with E-state index in [2.05, 4.69) is 0 Å². The number of ketones is 1. The fourth-order valence-electron chi connectivity index (χ4n) is 8.62. The van der Waals surface area contributed by atoms with Crippen molar-refractivity contribution in [3.63, 3.8) is 0 Å². The van der Waals surface area contributed by atoms with Crippen LogP contribution in [-0.4, -0.2) is 31.8 Å². The molecule has 2 bridgehead atoms. The van der Waals surface area contributed by atoms with E-state index in [1.165, 1.54) is 4.90 Å². The normalized spacial score (nSPS) is 24.1. The average molecular weight is 666 g/mol. The lowest BCUT2D eigenvalue weighted by atomic mass is 9.59. The van der Waals surface area contributed by atoms with Gasteiger partial charge >= 0.3 is 0 Å². The van der Waals surface area contributed by atoms with E-state index in [4.69, 9.17) is 21.1 Å². The summed E-state index contributed by atoms with van der Waals surface area (Å²) in [6.45, 7) is 1.87. The van der Waals surface area contributed by atoms with Gasteiger partial charge in [0.1, 0.15) is 11.5 Å². The van der Waals surface area contributed by atoms with Crippen LogP contribution < -0.4 is 14.4 Å². The number of Topliss-reactive ketones (excluding diaryl/α,β-unsaturated/α-hetero) is 1. The topological polar surface area (TPSA) is 72.9 Å². The molecule has 2 aliphatic carbocycles. The predicted molar refractivity (Wildman–Crippen MR) is 190 cm³/mol. The van der Waals surface area contributed by atoms with Gasteiger partial charge in [0.05, 0.1) is 42.6 Å². The van der Waals surface area contributed by atoms with Gasteiger partial charge in [-0.2, -0.15) is 0 Å². The number of benzene rings is 5. The maximum Gasteiger partial charge on any atom is 0.239 e. The molecule has 0 radical (unpaired) electrons. The Morgan fingerprint density at radius 1 is 0.592 bits per heavy atom.